The van der Waals surface area contributed by atoms with Crippen molar-refractivity contribution >= 4 is 17.5 Å². The van der Waals surface area contributed by atoms with Crippen molar-refractivity contribution in [3.05, 3.63) is 34.3 Å². The zero-order valence-electron chi connectivity index (χ0n) is 10.9. The smallest absolute Gasteiger partial charge is 0.253 e. The van der Waals surface area contributed by atoms with Gasteiger partial charge in [0.2, 0.25) is 0 Å². The summed E-state index contributed by atoms with van der Waals surface area (Å²) in [5, 5.41) is 3.83. The molecule has 1 aromatic carbocycles. The van der Waals surface area contributed by atoms with E-state index >= 15 is 0 Å². The number of carbonyl (C=O) groups is 1. The van der Waals surface area contributed by atoms with Gasteiger partial charge >= 0.3 is 0 Å². The van der Waals surface area contributed by atoms with Crippen LogP contribution in [0.3, 0.4) is 0 Å². The minimum absolute atomic E-state index is 0.0931. The van der Waals surface area contributed by atoms with Gasteiger partial charge in [-0.25, -0.2) is 0 Å². The van der Waals surface area contributed by atoms with Crippen LogP contribution in [0.5, 0.6) is 0 Å². The Morgan fingerprint density at radius 1 is 1.56 bits per heavy atom. The van der Waals surface area contributed by atoms with Crippen molar-refractivity contribution in [2.45, 2.75) is 13.3 Å². The van der Waals surface area contributed by atoms with Gasteiger partial charge in [-0.15, -0.1) is 0 Å². The van der Waals surface area contributed by atoms with E-state index in [1.54, 1.807) is 6.07 Å². The Morgan fingerprint density at radius 2 is 2.33 bits per heavy atom. The van der Waals surface area contributed by atoms with Crippen LogP contribution in [0.1, 0.15) is 22.3 Å². The van der Waals surface area contributed by atoms with E-state index in [0.717, 1.165) is 31.6 Å². The van der Waals surface area contributed by atoms with Crippen molar-refractivity contribution < 1.29 is 4.79 Å². The third-order valence-corrected chi connectivity index (χ3v) is 3.89. The number of hydrogen-bond acceptors (Lipinski definition) is 2. The molecule has 3 nitrogen and oxygen atoms in total. The second kappa shape index (κ2) is 5.72. The molecule has 0 spiro atoms. The minimum Gasteiger partial charge on any atom is -0.338 e. The van der Waals surface area contributed by atoms with Crippen molar-refractivity contribution in [1.29, 1.82) is 0 Å². The van der Waals surface area contributed by atoms with Crippen molar-refractivity contribution in [1.82, 2.24) is 10.2 Å². The number of benzene rings is 1. The first-order chi connectivity index (χ1) is 8.61. The van der Waals surface area contributed by atoms with Crippen LogP contribution in [0, 0.1) is 12.8 Å². The number of rotatable bonds is 3. The summed E-state index contributed by atoms with van der Waals surface area (Å²) < 4.78 is 0. The third kappa shape index (κ3) is 2.85. The zero-order chi connectivity index (χ0) is 13.1. The number of amides is 1. The fraction of sp³-hybridized carbons (Fsp3) is 0.500. The summed E-state index contributed by atoms with van der Waals surface area (Å²) in [6.07, 6.45) is 1.08. The van der Waals surface area contributed by atoms with E-state index < -0.39 is 0 Å². The lowest BCUT2D eigenvalue weighted by molar-refractivity contribution is 0.0787. The molecule has 0 aromatic heterocycles. The summed E-state index contributed by atoms with van der Waals surface area (Å²) in [7, 11) is 1.95. The molecular weight excluding hydrogens is 248 g/mol. The van der Waals surface area contributed by atoms with Gasteiger partial charge in [0.15, 0.2) is 0 Å². The van der Waals surface area contributed by atoms with Crippen LogP contribution in [-0.4, -0.2) is 37.5 Å². The number of carbonyl (C=O) groups excluding carboxylic acids is 1. The van der Waals surface area contributed by atoms with Gasteiger partial charge in [-0.3, -0.25) is 4.79 Å². The first kappa shape index (κ1) is 13.4. The molecule has 1 atom stereocenters. The number of aryl methyl sites for hydroxylation is 1. The molecule has 98 valence electrons. The van der Waals surface area contributed by atoms with Crippen LogP contribution in [-0.2, 0) is 0 Å². The molecule has 1 aromatic rings. The number of likely N-dealkylation sites (tertiary alicyclic amines) is 1. The predicted octanol–water partition coefficient (Wildman–Crippen LogP) is 2.33. The fourth-order valence-electron chi connectivity index (χ4n) is 2.38. The molecule has 1 N–H and O–H groups in total. The first-order valence-electron chi connectivity index (χ1n) is 6.32. The number of hydrogen-bond donors (Lipinski definition) is 1. The topological polar surface area (TPSA) is 32.3 Å². The van der Waals surface area contributed by atoms with Crippen molar-refractivity contribution in [2.24, 2.45) is 5.92 Å². The molecule has 1 aliphatic rings. The fourth-order valence-corrected chi connectivity index (χ4v) is 2.56. The lowest BCUT2D eigenvalue weighted by Gasteiger charge is -2.17. The van der Waals surface area contributed by atoms with Gasteiger partial charge in [-0.05, 0) is 50.6 Å². The van der Waals surface area contributed by atoms with Gasteiger partial charge in [0.25, 0.3) is 5.91 Å². The van der Waals surface area contributed by atoms with Crippen LogP contribution in [0.4, 0.5) is 0 Å². The van der Waals surface area contributed by atoms with Gasteiger partial charge in [0, 0.05) is 23.7 Å². The number of halogens is 1. The average Bonchev–Trinajstić information content (AvgIpc) is 2.81. The zero-order valence-corrected chi connectivity index (χ0v) is 11.6. The molecule has 2 rings (SSSR count). The lowest BCUT2D eigenvalue weighted by Crippen LogP contribution is -2.30. The Bertz CT molecular complexity index is 447. The van der Waals surface area contributed by atoms with E-state index in [1.165, 1.54) is 0 Å². The molecule has 0 radical (unpaired) electrons. The Hall–Kier alpha value is -1.06. The standard InChI is InChI=1S/C14H19ClN2O/c1-10-3-4-12(7-13(10)15)14(18)17-6-5-11(9-17)8-16-2/h3-4,7,11,16H,5-6,8-9H2,1-2H3. The Morgan fingerprint density at radius 3 is 3.00 bits per heavy atom. The molecule has 1 saturated heterocycles. The molecule has 1 fully saturated rings. The number of nitrogens with one attached hydrogen (secondary N) is 1. The molecule has 1 unspecified atom stereocenters. The normalized spacial score (nSPS) is 19.3. The Kier molecular flexibility index (Phi) is 4.25. The van der Waals surface area contributed by atoms with Crippen LogP contribution < -0.4 is 5.32 Å². The maximum absolute atomic E-state index is 12.3. The molecule has 1 amide bonds. The molecule has 0 saturated carbocycles. The minimum atomic E-state index is 0.0931. The largest absolute Gasteiger partial charge is 0.338 e. The quantitative estimate of drug-likeness (QED) is 0.911. The van der Waals surface area contributed by atoms with Gasteiger partial charge in [0.1, 0.15) is 0 Å². The molecule has 18 heavy (non-hydrogen) atoms. The number of nitrogens with zero attached hydrogens (tertiary/aromatic N) is 1. The monoisotopic (exact) mass is 266 g/mol. The van der Waals surface area contributed by atoms with Crippen LogP contribution in [0.25, 0.3) is 0 Å². The van der Waals surface area contributed by atoms with Gasteiger partial charge < -0.3 is 10.2 Å². The molecule has 0 bridgehead atoms. The van der Waals surface area contributed by atoms with Crippen LogP contribution in [0.2, 0.25) is 5.02 Å². The molecule has 0 aliphatic carbocycles. The van der Waals surface area contributed by atoms with E-state index in [-0.39, 0.29) is 5.91 Å². The third-order valence-electron chi connectivity index (χ3n) is 3.48. The van der Waals surface area contributed by atoms with Gasteiger partial charge in [-0.1, -0.05) is 17.7 Å². The second-order valence-electron chi connectivity index (χ2n) is 4.93. The van der Waals surface area contributed by atoms with Crippen molar-refractivity contribution in [2.75, 3.05) is 26.7 Å². The predicted molar refractivity (Wildman–Crippen MR) is 74.1 cm³/mol. The highest BCUT2D eigenvalue weighted by atomic mass is 35.5. The Labute approximate surface area is 113 Å². The highest BCUT2D eigenvalue weighted by Crippen LogP contribution is 2.21. The molecule has 1 heterocycles. The van der Waals surface area contributed by atoms with Crippen molar-refractivity contribution in [3.8, 4) is 0 Å². The lowest BCUT2D eigenvalue weighted by atomic mass is 10.1. The van der Waals surface area contributed by atoms with E-state index in [1.807, 2.05) is 31.0 Å². The van der Waals surface area contributed by atoms with E-state index in [0.29, 0.717) is 16.5 Å². The summed E-state index contributed by atoms with van der Waals surface area (Å²) in [4.78, 5) is 14.2. The highest BCUT2D eigenvalue weighted by molar-refractivity contribution is 6.31. The summed E-state index contributed by atoms with van der Waals surface area (Å²) in [5.41, 5.74) is 1.69. The van der Waals surface area contributed by atoms with Gasteiger partial charge in [0.05, 0.1) is 0 Å². The summed E-state index contributed by atoms with van der Waals surface area (Å²) >= 11 is 6.06. The van der Waals surface area contributed by atoms with Crippen molar-refractivity contribution in [3.63, 3.8) is 0 Å². The van der Waals surface area contributed by atoms with E-state index in [9.17, 15) is 4.79 Å². The van der Waals surface area contributed by atoms with Crippen LogP contribution in [0.15, 0.2) is 18.2 Å². The van der Waals surface area contributed by atoms with E-state index in [4.69, 9.17) is 11.6 Å². The first-order valence-corrected chi connectivity index (χ1v) is 6.69. The average molecular weight is 267 g/mol. The maximum Gasteiger partial charge on any atom is 0.253 e. The summed E-state index contributed by atoms with van der Waals surface area (Å²) in [6, 6.07) is 5.52. The molecular formula is C14H19ClN2O. The summed E-state index contributed by atoms with van der Waals surface area (Å²) in [6.45, 7) is 4.59. The Balaban J connectivity index is 2.05. The SMILES string of the molecule is CNCC1CCN(C(=O)c2ccc(C)c(Cl)c2)C1. The summed E-state index contributed by atoms with van der Waals surface area (Å²) in [5.74, 6) is 0.662. The molecule has 4 heteroatoms. The van der Waals surface area contributed by atoms with Gasteiger partial charge in [-0.2, -0.15) is 0 Å². The van der Waals surface area contributed by atoms with E-state index in [2.05, 4.69) is 5.32 Å². The second-order valence-corrected chi connectivity index (χ2v) is 5.33. The molecule has 1 aliphatic heterocycles. The maximum atomic E-state index is 12.3. The highest BCUT2D eigenvalue weighted by Gasteiger charge is 2.26. The van der Waals surface area contributed by atoms with Crippen LogP contribution >= 0.6 is 11.6 Å².